The second-order valence-corrected chi connectivity index (χ2v) is 8.59. The van der Waals surface area contributed by atoms with E-state index >= 15 is 0 Å². The molecule has 1 aliphatic carbocycles. The van der Waals surface area contributed by atoms with E-state index in [9.17, 15) is 4.79 Å². The fourth-order valence-corrected chi connectivity index (χ4v) is 3.96. The fourth-order valence-electron chi connectivity index (χ4n) is 2.97. The lowest BCUT2D eigenvalue weighted by atomic mass is 10.1. The highest BCUT2D eigenvalue weighted by atomic mass is 35.5. The third-order valence-corrected chi connectivity index (χ3v) is 5.37. The minimum absolute atomic E-state index is 0.0373. The molecule has 0 bridgehead atoms. The minimum Gasteiger partial charge on any atom is -0.474 e. The zero-order valence-corrected chi connectivity index (χ0v) is 17.3. The van der Waals surface area contributed by atoms with Gasteiger partial charge in [-0.2, -0.15) is 0 Å². The molecule has 0 aromatic carbocycles. The molecule has 9 heteroatoms. The number of anilines is 2. The molecule has 0 unspecified atom stereocenters. The summed E-state index contributed by atoms with van der Waals surface area (Å²) >= 11 is 7.75. The SMILES string of the molecule is Cc1nc2c(C3CC3)c(NC(=O)Nc3cnc(OC(C)C)c(Cl)c3)cnc2s1. The van der Waals surface area contributed by atoms with Gasteiger partial charge in [0.05, 0.1) is 34.9 Å². The number of nitrogens with zero attached hydrogens (tertiary/aromatic N) is 3. The van der Waals surface area contributed by atoms with E-state index in [0.29, 0.717) is 28.2 Å². The third kappa shape index (κ3) is 4.02. The van der Waals surface area contributed by atoms with Crippen molar-refractivity contribution in [2.45, 2.75) is 45.6 Å². The van der Waals surface area contributed by atoms with Crippen LogP contribution >= 0.6 is 22.9 Å². The number of rotatable bonds is 5. The number of hydrogen-bond donors (Lipinski definition) is 2. The van der Waals surface area contributed by atoms with Crippen molar-refractivity contribution < 1.29 is 9.53 Å². The van der Waals surface area contributed by atoms with E-state index in [-0.39, 0.29) is 12.1 Å². The summed E-state index contributed by atoms with van der Waals surface area (Å²) in [6.07, 6.45) is 5.38. The summed E-state index contributed by atoms with van der Waals surface area (Å²) in [7, 11) is 0. The van der Waals surface area contributed by atoms with Gasteiger partial charge in [-0.05, 0) is 45.6 Å². The highest BCUT2D eigenvalue weighted by Gasteiger charge is 2.30. The Balaban J connectivity index is 1.53. The van der Waals surface area contributed by atoms with Crippen molar-refractivity contribution in [2.24, 2.45) is 0 Å². The quantitative estimate of drug-likeness (QED) is 0.583. The molecule has 0 spiro atoms. The average molecular weight is 418 g/mol. The Kier molecular flexibility index (Phi) is 5.07. The number of amides is 2. The maximum Gasteiger partial charge on any atom is 0.323 e. The molecule has 1 saturated carbocycles. The maximum absolute atomic E-state index is 12.5. The number of nitrogens with one attached hydrogen (secondary N) is 2. The van der Waals surface area contributed by atoms with E-state index in [2.05, 4.69) is 25.6 Å². The molecule has 4 rings (SSSR count). The number of carbonyl (C=O) groups is 1. The van der Waals surface area contributed by atoms with Crippen LogP contribution in [0.15, 0.2) is 18.5 Å². The molecule has 0 saturated heterocycles. The van der Waals surface area contributed by atoms with Crippen molar-refractivity contribution in [1.82, 2.24) is 15.0 Å². The van der Waals surface area contributed by atoms with Crippen molar-refractivity contribution >= 4 is 50.7 Å². The lowest BCUT2D eigenvalue weighted by Crippen LogP contribution is -2.20. The van der Waals surface area contributed by atoms with E-state index in [0.717, 1.165) is 33.8 Å². The first-order chi connectivity index (χ1) is 13.4. The number of carbonyl (C=O) groups excluding carboxylic acids is 1. The number of fused-ring (bicyclic) bond motifs is 1. The molecule has 3 heterocycles. The number of thiazole rings is 1. The molecule has 2 amide bonds. The lowest BCUT2D eigenvalue weighted by Gasteiger charge is -2.13. The van der Waals surface area contributed by atoms with E-state index in [1.807, 2.05) is 20.8 Å². The molecule has 28 heavy (non-hydrogen) atoms. The van der Waals surface area contributed by atoms with Gasteiger partial charge in [0.25, 0.3) is 0 Å². The summed E-state index contributed by atoms with van der Waals surface area (Å²) in [4.78, 5) is 26.7. The molecule has 7 nitrogen and oxygen atoms in total. The number of ether oxygens (including phenoxy) is 1. The van der Waals surface area contributed by atoms with Crippen molar-refractivity contribution in [3.8, 4) is 5.88 Å². The van der Waals surface area contributed by atoms with E-state index in [4.69, 9.17) is 16.3 Å². The Morgan fingerprint density at radius 1 is 1.29 bits per heavy atom. The number of halogens is 1. The summed E-state index contributed by atoms with van der Waals surface area (Å²) in [5.74, 6) is 0.762. The third-order valence-electron chi connectivity index (χ3n) is 4.22. The zero-order valence-electron chi connectivity index (χ0n) is 15.7. The minimum atomic E-state index is -0.384. The van der Waals surface area contributed by atoms with Gasteiger partial charge in [0.15, 0.2) is 0 Å². The largest absolute Gasteiger partial charge is 0.474 e. The maximum atomic E-state index is 12.5. The summed E-state index contributed by atoms with van der Waals surface area (Å²) < 4.78 is 5.51. The van der Waals surface area contributed by atoms with Gasteiger partial charge in [-0.25, -0.2) is 19.7 Å². The lowest BCUT2D eigenvalue weighted by molar-refractivity contribution is 0.233. The van der Waals surface area contributed by atoms with Crippen LogP contribution in [0.4, 0.5) is 16.2 Å². The van der Waals surface area contributed by atoms with Crippen LogP contribution in [0, 0.1) is 6.92 Å². The molecule has 0 atom stereocenters. The van der Waals surface area contributed by atoms with Gasteiger partial charge < -0.3 is 15.4 Å². The molecule has 1 fully saturated rings. The first kappa shape index (κ1) is 18.9. The van der Waals surface area contributed by atoms with Gasteiger partial charge in [-0.15, -0.1) is 0 Å². The Bertz CT molecular complexity index is 1050. The van der Waals surface area contributed by atoms with Crippen LogP contribution in [0.25, 0.3) is 10.3 Å². The normalized spacial score (nSPS) is 13.8. The van der Waals surface area contributed by atoms with Gasteiger partial charge in [0.1, 0.15) is 15.4 Å². The van der Waals surface area contributed by atoms with Crippen LogP contribution in [0.3, 0.4) is 0 Å². The topological polar surface area (TPSA) is 89.0 Å². The highest BCUT2D eigenvalue weighted by molar-refractivity contribution is 7.18. The number of aromatic nitrogens is 3. The Hall–Kier alpha value is -2.45. The summed E-state index contributed by atoms with van der Waals surface area (Å²) in [5, 5.41) is 6.96. The predicted molar refractivity (Wildman–Crippen MR) is 112 cm³/mol. The molecule has 0 aliphatic heterocycles. The number of urea groups is 1. The second-order valence-electron chi connectivity index (χ2n) is 7.00. The van der Waals surface area contributed by atoms with E-state index < -0.39 is 0 Å². The fraction of sp³-hybridized carbons (Fsp3) is 0.368. The molecule has 3 aromatic heterocycles. The number of aryl methyl sites for hydroxylation is 1. The van der Waals surface area contributed by atoms with Crippen LogP contribution in [0.1, 0.15) is 43.2 Å². The highest BCUT2D eigenvalue weighted by Crippen LogP contribution is 2.46. The monoisotopic (exact) mass is 417 g/mol. The van der Waals surface area contributed by atoms with Crippen molar-refractivity contribution in [2.75, 3.05) is 10.6 Å². The summed E-state index contributed by atoms with van der Waals surface area (Å²) in [5.41, 5.74) is 3.13. The van der Waals surface area contributed by atoms with Crippen LogP contribution < -0.4 is 15.4 Å². The van der Waals surface area contributed by atoms with E-state index in [1.165, 1.54) is 6.20 Å². The molecule has 2 N–H and O–H groups in total. The summed E-state index contributed by atoms with van der Waals surface area (Å²) in [6, 6.07) is 1.23. The van der Waals surface area contributed by atoms with Gasteiger partial charge in [0, 0.05) is 5.56 Å². The smallest absolute Gasteiger partial charge is 0.323 e. The Labute approximate surface area is 171 Å². The van der Waals surface area contributed by atoms with Crippen molar-refractivity contribution in [3.05, 3.63) is 34.1 Å². The van der Waals surface area contributed by atoms with Crippen molar-refractivity contribution in [3.63, 3.8) is 0 Å². The molecular formula is C19H20ClN5O2S. The molecule has 146 valence electrons. The van der Waals surface area contributed by atoms with Gasteiger partial charge in [-0.3, -0.25) is 0 Å². The Morgan fingerprint density at radius 2 is 2.07 bits per heavy atom. The van der Waals surface area contributed by atoms with Crippen LogP contribution in [-0.4, -0.2) is 27.1 Å². The van der Waals surface area contributed by atoms with Gasteiger partial charge in [0.2, 0.25) is 5.88 Å². The van der Waals surface area contributed by atoms with Gasteiger partial charge >= 0.3 is 6.03 Å². The molecule has 1 aliphatic rings. The van der Waals surface area contributed by atoms with Crippen LogP contribution in [0.5, 0.6) is 5.88 Å². The van der Waals surface area contributed by atoms with Crippen LogP contribution in [0.2, 0.25) is 5.02 Å². The molecule has 0 radical (unpaired) electrons. The van der Waals surface area contributed by atoms with Gasteiger partial charge in [-0.1, -0.05) is 22.9 Å². The van der Waals surface area contributed by atoms with Crippen LogP contribution in [-0.2, 0) is 0 Å². The molecule has 3 aromatic rings. The molecular weight excluding hydrogens is 398 g/mol. The second kappa shape index (κ2) is 7.52. The standard InChI is InChI=1S/C19H20ClN5O2S/c1-9(2)27-17-13(20)6-12(7-21-17)24-19(26)25-14-8-22-18-16(23-10(3)28-18)15(14)11-4-5-11/h6-9,11H,4-5H2,1-3H3,(H2,24,25,26). The average Bonchev–Trinajstić information content (AvgIpc) is 3.37. The number of hydrogen-bond acceptors (Lipinski definition) is 6. The van der Waals surface area contributed by atoms with Crippen molar-refractivity contribution in [1.29, 1.82) is 0 Å². The first-order valence-electron chi connectivity index (χ1n) is 9.07. The first-order valence-corrected chi connectivity index (χ1v) is 10.3. The predicted octanol–water partition coefficient (Wildman–Crippen LogP) is 5.36. The Morgan fingerprint density at radius 3 is 2.75 bits per heavy atom. The summed E-state index contributed by atoms with van der Waals surface area (Å²) in [6.45, 7) is 5.75. The zero-order chi connectivity index (χ0) is 19.8. The van der Waals surface area contributed by atoms with E-state index in [1.54, 1.807) is 23.6 Å². The number of pyridine rings is 2.